The van der Waals surface area contributed by atoms with Crippen molar-refractivity contribution in [2.24, 2.45) is 0 Å². The van der Waals surface area contributed by atoms with Gasteiger partial charge in [-0.25, -0.2) is 9.18 Å². The van der Waals surface area contributed by atoms with Crippen LogP contribution in [0.3, 0.4) is 0 Å². The summed E-state index contributed by atoms with van der Waals surface area (Å²) in [4.78, 5) is 16.8. The topological polar surface area (TPSA) is 60.7 Å². The maximum Gasteiger partial charge on any atom is 0.323 e. The molecule has 4 nitrogen and oxygen atoms in total. The van der Waals surface area contributed by atoms with Gasteiger partial charge in [0.05, 0.1) is 21.5 Å². The van der Waals surface area contributed by atoms with E-state index in [2.05, 4.69) is 31.2 Å². The molecule has 1 atom stereocenters. The second kappa shape index (κ2) is 5.46. The van der Waals surface area contributed by atoms with Crippen LogP contribution in [-0.2, 0) is 0 Å². The molecule has 0 aliphatic carbocycles. The molecule has 0 radical (unpaired) electrons. The first-order valence-electron chi connectivity index (χ1n) is 6.43. The van der Waals surface area contributed by atoms with Gasteiger partial charge in [-0.05, 0) is 52.3 Å². The van der Waals surface area contributed by atoms with Crippen molar-refractivity contribution in [3.63, 3.8) is 0 Å². The van der Waals surface area contributed by atoms with Gasteiger partial charge in [-0.2, -0.15) is 0 Å². The minimum atomic E-state index is -0.302. The number of H-pyrrole nitrogens is 2. The van der Waals surface area contributed by atoms with Crippen LogP contribution in [0.25, 0.3) is 11.0 Å². The molecular weight excluding hydrogens is 337 g/mol. The highest BCUT2D eigenvalue weighted by atomic mass is 79.9. The molecule has 0 saturated carbocycles. The van der Waals surface area contributed by atoms with Crippen molar-refractivity contribution in [1.29, 1.82) is 0 Å². The summed E-state index contributed by atoms with van der Waals surface area (Å²) in [5.41, 5.74) is 2.97. The SMILES string of the molecule is CNC(c1ccc2[nH]c(=O)[nH]c2c1)c1cccc(F)c1Br. The van der Waals surface area contributed by atoms with Crippen molar-refractivity contribution in [3.05, 3.63) is 68.3 Å². The van der Waals surface area contributed by atoms with E-state index >= 15 is 0 Å². The first kappa shape index (κ1) is 14.0. The van der Waals surface area contributed by atoms with E-state index in [1.165, 1.54) is 6.07 Å². The van der Waals surface area contributed by atoms with Gasteiger partial charge in [0.25, 0.3) is 0 Å². The quantitative estimate of drug-likeness (QED) is 0.680. The Labute approximate surface area is 128 Å². The minimum Gasteiger partial charge on any atom is -0.309 e. The van der Waals surface area contributed by atoms with E-state index in [4.69, 9.17) is 0 Å². The Bertz CT molecular complexity index is 855. The van der Waals surface area contributed by atoms with Crippen LogP contribution in [0.5, 0.6) is 0 Å². The third kappa shape index (κ3) is 2.52. The van der Waals surface area contributed by atoms with Crippen molar-refractivity contribution in [1.82, 2.24) is 15.3 Å². The molecule has 21 heavy (non-hydrogen) atoms. The Hall–Kier alpha value is -1.92. The summed E-state index contributed by atoms with van der Waals surface area (Å²) in [6.45, 7) is 0. The van der Waals surface area contributed by atoms with Crippen LogP contribution in [-0.4, -0.2) is 17.0 Å². The van der Waals surface area contributed by atoms with Crippen LogP contribution in [0.15, 0.2) is 45.7 Å². The number of imidazole rings is 1. The molecule has 3 aromatic rings. The smallest absolute Gasteiger partial charge is 0.309 e. The zero-order valence-electron chi connectivity index (χ0n) is 11.2. The molecule has 0 saturated heterocycles. The van der Waals surface area contributed by atoms with Crippen LogP contribution in [0.1, 0.15) is 17.2 Å². The number of halogens is 2. The molecule has 108 valence electrons. The predicted octanol–water partition coefficient (Wildman–Crippen LogP) is 3.07. The molecule has 2 aromatic carbocycles. The molecule has 3 N–H and O–H groups in total. The van der Waals surface area contributed by atoms with Crippen molar-refractivity contribution < 1.29 is 4.39 Å². The highest BCUT2D eigenvalue weighted by molar-refractivity contribution is 9.10. The summed E-state index contributed by atoms with van der Waals surface area (Å²) < 4.78 is 14.2. The zero-order chi connectivity index (χ0) is 15.0. The fourth-order valence-electron chi connectivity index (χ4n) is 2.47. The molecule has 1 heterocycles. The highest BCUT2D eigenvalue weighted by Crippen LogP contribution is 2.31. The number of benzene rings is 2. The average molecular weight is 350 g/mol. The molecule has 0 bridgehead atoms. The van der Waals surface area contributed by atoms with E-state index in [-0.39, 0.29) is 17.5 Å². The highest BCUT2D eigenvalue weighted by Gasteiger charge is 2.17. The summed E-state index contributed by atoms with van der Waals surface area (Å²) in [7, 11) is 1.81. The van der Waals surface area contributed by atoms with Gasteiger partial charge in [0.15, 0.2) is 0 Å². The molecule has 0 amide bonds. The van der Waals surface area contributed by atoms with Gasteiger partial charge in [-0.15, -0.1) is 0 Å². The first-order chi connectivity index (χ1) is 10.1. The zero-order valence-corrected chi connectivity index (χ0v) is 12.8. The number of aromatic nitrogens is 2. The number of fused-ring (bicyclic) bond motifs is 1. The number of hydrogen-bond donors (Lipinski definition) is 3. The number of aromatic amines is 2. The molecule has 3 rings (SSSR count). The minimum absolute atomic E-state index is 0.183. The second-order valence-electron chi connectivity index (χ2n) is 4.75. The van der Waals surface area contributed by atoms with Crippen LogP contribution < -0.4 is 11.0 Å². The molecule has 0 aliphatic heterocycles. The lowest BCUT2D eigenvalue weighted by Gasteiger charge is -2.19. The van der Waals surface area contributed by atoms with Gasteiger partial charge in [-0.1, -0.05) is 18.2 Å². The summed E-state index contributed by atoms with van der Waals surface area (Å²) in [5.74, 6) is -0.302. The maximum absolute atomic E-state index is 13.7. The second-order valence-corrected chi connectivity index (χ2v) is 5.54. The molecule has 6 heteroatoms. The van der Waals surface area contributed by atoms with Gasteiger partial charge < -0.3 is 15.3 Å². The van der Waals surface area contributed by atoms with Crippen LogP contribution in [0, 0.1) is 5.82 Å². The molecule has 0 spiro atoms. The standard InChI is InChI=1S/C15H13BrFN3O/c1-18-14(9-3-2-4-10(17)13(9)16)8-5-6-11-12(7-8)20-15(21)19-11/h2-7,14,18H,1H3,(H2,19,20,21). The predicted molar refractivity (Wildman–Crippen MR) is 83.9 cm³/mol. The molecular formula is C15H13BrFN3O. The Morgan fingerprint density at radius 2 is 1.95 bits per heavy atom. The Morgan fingerprint density at radius 3 is 2.71 bits per heavy atom. The molecule has 0 aliphatic rings. The van der Waals surface area contributed by atoms with Crippen molar-refractivity contribution in [2.75, 3.05) is 7.05 Å². The van der Waals surface area contributed by atoms with Crippen molar-refractivity contribution in [3.8, 4) is 0 Å². The van der Waals surface area contributed by atoms with Gasteiger partial charge in [0.1, 0.15) is 5.82 Å². The third-order valence-corrected chi connectivity index (χ3v) is 4.29. The van der Waals surface area contributed by atoms with Gasteiger partial charge in [0.2, 0.25) is 0 Å². The van der Waals surface area contributed by atoms with Gasteiger partial charge in [-0.3, -0.25) is 0 Å². The first-order valence-corrected chi connectivity index (χ1v) is 7.22. The van der Waals surface area contributed by atoms with E-state index in [1.807, 2.05) is 31.3 Å². The van der Waals surface area contributed by atoms with E-state index in [0.717, 1.165) is 22.2 Å². The van der Waals surface area contributed by atoms with Crippen LogP contribution in [0.4, 0.5) is 4.39 Å². The average Bonchev–Trinajstić information content (AvgIpc) is 2.83. The van der Waals surface area contributed by atoms with Gasteiger partial charge in [0, 0.05) is 0 Å². The lowest BCUT2D eigenvalue weighted by Crippen LogP contribution is -2.18. The monoisotopic (exact) mass is 349 g/mol. The lowest BCUT2D eigenvalue weighted by molar-refractivity contribution is 0.608. The maximum atomic E-state index is 13.7. The molecule has 1 unspecified atom stereocenters. The number of rotatable bonds is 3. The van der Waals surface area contributed by atoms with E-state index in [9.17, 15) is 9.18 Å². The fraction of sp³-hybridized carbons (Fsp3) is 0.133. The third-order valence-electron chi connectivity index (χ3n) is 3.45. The Balaban J connectivity index is 2.13. The number of nitrogens with one attached hydrogen (secondary N) is 3. The van der Waals surface area contributed by atoms with Crippen LogP contribution >= 0.6 is 15.9 Å². The van der Waals surface area contributed by atoms with Crippen molar-refractivity contribution in [2.45, 2.75) is 6.04 Å². The summed E-state index contributed by atoms with van der Waals surface area (Å²) in [5, 5.41) is 3.18. The largest absolute Gasteiger partial charge is 0.323 e. The Kier molecular flexibility index (Phi) is 3.65. The normalized spacial score (nSPS) is 12.7. The summed E-state index contributed by atoms with van der Waals surface area (Å²) in [6.07, 6.45) is 0. The van der Waals surface area contributed by atoms with E-state index in [1.54, 1.807) is 6.07 Å². The van der Waals surface area contributed by atoms with Crippen LogP contribution in [0.2, 0.25) is 0 Å². The summed E-state index contributed by atoms with van der Waals surface area (Å²) >= 11 is 3.29. The van der Waals surface area contributed by atoms with Gasteiger partial charge >= 0.3 is 5.69 Å². The molecule has 1 aromatic heterocycles. The van der Waals surface area contributed by atoms with E-state index in [0.29, 0.717) is 4.47 Å². The molecule has 0 fully saturated rings. The van der Waals surface area contributed by atoms with E-state index < -0.39 is 0 Å². The lowest BCUT2D eigenvalue weighted by atomic mass is 9.98. The number of hydrogen-bond acceptors (Lipinski definition) is 2. The summed E-state index contributed by atoms with van der Waals surface area (Å²) in [6, 6.07) is 10.4. The Morgan fingerprint density at radius 1 is 1.19 bits per heavy atom. The fourth-order valence-corrected chi connectivity index (χ4v) is 2.97. The van der Waals surface area contributed by atoms with Crippen molar-refractivity contribution >= 4 is 27.0 Å².